The number of rotatable bonds is 9. The molecule has 0 heterocycles. The average molecular weight is 435 g/mol. The van der Waals surface area contributed by atoms with E-state index in [0.29, 0.717) is 24.5 Å². The first kappa shape index (κ1) is 22.3. The SMILES string of the molecule is CCOc1cccc(C(=O)NC(=S)Nc2ccc(OCCCc3ccccc3)cc2)c1. The molecule has 0 aromatic heterocycles. The predicted molar refractivity (Wildman–Crippen MR) is 128 cm³/mol. The smallest absolute Gasteiger partial charge is 0.257 e. The Morgan fingerprint density at radius 2 is 1.68 bits per heavy atom. The van der Waals surface area contributed by atoms with Gasteiger partial charge in [0.25, 0.3) is 5.91 Å². The lowest BCUT2D eigenvalue weighted by Gasteiger charge is -2.11. The van der Waals surface area contributed by atoms with E-state index in [1.165, 1.54) is 5.56 Å². The summed E-state index contributed by atoms with van der Waals surface area (Å²) in [6, 6.07) is 24.8. The maximum absolute atomic E-state index is 12.4. The van der Waals surface area contributed by atoms with Gasteiger partial charge in [0.15, 0.2) is 5.11 Å². The van der Waals surface area contributed by atoms with Crippen LogP contribution in [-0.4, -0.2) is 24.2 Å². The molecule has 3 aromatic carbocycles. The molecule has 0 aliphatic carbocycles. The summed E-state index contributed by atoms with van der Waals surface area (Å²) in [5.74, 6) is 1.15. The van der Waals surface area contributed by atoms with Crippen molar-refractivity contribution >= 4 is 28.9 Å². The molecule has 1 amide bonds. The monoisotopic (exact) mass is 434 g/mol. The third-order valence-corrected chi connectivity index (χ3v) is 4.67. The Morgan fingerprint density at radius 3 is 2.42 bits per heavy atom. The van der Waals surface area contributed by atoms with Crippen LogP contribution in [0.3, 0.4) is 0 Å². The molecule has 0 saturated heterocycles. The molecular weight excluding hydrogens is 408 g/mol. The van der Waals surface area contributed by atoms with Gasteiger partial charge in [-0.25, -0.2) is 0 Å². The lowest BCUT2D eigenvalue weighted by Crippen LogP contribution is -2.34. The highest BCUT2D eigenvalue weighted by Crippen LogP contribution is 2.17. The van der Waals surface area contributed by atoms with Gasteiger partial charge in [0, 0.05) is 11.3 Å². The van der Waals surface area contributed by atoms with E-state index >= 15 is 0 Å². The minimum Gasteiger partial charge on any atom is -0.494 e. The third-order valence-electron chi connectivity index (χ3n) is 4.47. The molecule has 0 atom stereocenters. The number of hydrogen-bond acceptors (Lipinski definition) is 4. The molecule has 6 heteroatoms. The van der Waals surface area contributed by atoms with Gasteiger partial charge in [-0.1, -0.05) is 36.4 Å². The molecule has 31 heavy (non-hydrogen) atoms. The van der Waals surface area contributed by atoms with Gasteiger partial charge in [-0.15, -0.1) is 0 Å². The van der Waals surface area contributed by atoms with Gasteiger partial charge in [0.1, 0.15) is 11.5 Å². The summed E-state index contributed by atoms with van der Waals surface area (Å²) in [5, 5.41) is 5.92. The van der Waals surface area contributed by atoms with Crippen LogP contribution in [0.5, 0.6) is 11.5 Å². The zero-order chi connectivity index (χ0) is 21.9. The highest BCUT2D eigenvalue weighted by molar-refractivity contribution is 7.80. The van der Waals surface area contributed by atoms with E-state index in [1.807, 2.05) is 55.5 Å². The summed E-state index contributed by atoms with van der Waals surface area (Å²) >= 11 is 5.26. The van der Waals surface area contributed by atoms with Gasteiger partial charge in [0.05, 0.1) is 13.2 Å². The normalized spacial score (nSPS) is 10.2. The minimum atomic E-state index is -0.294. The molecule has 0 fully saturated rings. The summed E-state index contributed by atoms with van der Waals surface area (Å²) in [5.41, 5.74) is 2.56. The number of anilines is 1. The van der Waals surface area contributed by atoms with Gasteiger partial charge in [-0.2, -0.15) is 0 Å². The fraction of sp³-hybridized carbons (Fsp3) is 0.200. The van der Waals surface area contributed by atoms with Crippen LogP contribution in [0.1, 0.15) is 29.3 Å². The molecule has 0 aliphatic rings. The molecule has 5 nitrogen and oxygen atoms in total. The van der Waals surface area contributed by atoms with E-state index in [2.05, 4.69) is 22.8 Å². The number of nitrogens with one attached hydrogen (secondary N) is 2. The van der Waals surface area contributed by atoms with Crippen molar-refractivity contribution in [1.82, 2.24) is 5.32 Å². The first-order chi connectivity index (χ1) is 15.1. The van der Waals surface area contributed by atoms with Crippen molar-refractivity contribution in [3.05, 3.63) is 90.0 Å². The largest absolute Gasteiger partial charge is 0.494 e. The fourth-order valence-electron chi connectivity index (χ4n) is 2.98. The fourth-order valence-corrected chi connectivity index (χ4v) is 3.19. The van der Waals surface area contributed by atoms with Crippen molar-refractivity contribution < 1.29 is 14.3 Å². The number of aryl methyl sites for hydroxylation is 1. The second-order valence-electron chi connectivity index (χ2n) is 6.83. The molecule has 2 N–H and O–H groups in total. The van der Waals surface area contributed by atoms with Gasteiger partial charge in [-0.3, -0.25) is 10.1 Å². The maximum Gasteiger partial charge on any atom is 0.257 e. The summed E-state index contributed by atoms with van der Waals surface area (Å²) in [4.78, 5) is 12.4. The Morgan fingerprint density at radius 1 is 0.903 bits per heavy atom. The zero-order valence-electron chi connectivity index (χ0n) is 17.5. The Kier molecular flexibility index (Phi) is 8.43. The van der Waals surface area contributed by atoms with Crippen molar-refractivity contribution in [3.8, 4) is 11.5 Å². The van der Waals surface area contributed by atoms with Gasteiger partial charge in [0.2, 0.25) is 0 Å². The van der Waals surface area contributed by atoms with E-state index in [-0.39, 0.29) is 11.0 Å². The Labute approximate surface area is 188 Å². The Bertz CT molecular complexity index is 991. The summed E-state index contributed by atoms with van der Waals surface area (Å²) in [7, 11) is 0. The van der Waals surface area contributed by atoms with Crippen molar-refractivity contribution in [2.75, 3.05) is 18.5 Å². The number of carbonyl (C=O) groups excluding carboxylic acids is 1. The number of ether oxygens (including phenoxy) is 2. The van der Waals surface area contributed by atoms with Crippen LogP contribution < -0.4 is 20.1 Å². The second kappa shape index (κ2) is 11.7. The zero-order valence-corrected chi connectivity index (χ0v) is 18.3. The van der Waals surface area contributed by atoms with Gasteiger partial charge < -0.3 is 14.8 Å². The van der Waals surface area contributed by atoms with E-state index in [9.17, 15) is 4.79 Å². The lowest BCUT2D eigenvalue weighted by atomic mass is 10.1. The predicted octanol–water partition coefficient (Wildman–Crippen LogP) is 5.22. The number of amides is 1. The van der Waals surface area contributed by atoms with Crippen molar-refractivity contribution in [1.29, 1.82) is 0 Å². The molecule has 0 unspecified atom stereocenters. The standard InChI is InChI=1S/C25H26N2O3S/c1-2-29-23-12-6-11-20(18-23)24(28)27-25(31)26-21-13-15-22(16-14-21)30-17-7-10-19-8-4-3-5-9-19/h3-6,8-9,11-16,18H,2,7,10,17H2,1H3,(H2,26,27,28,31). The first-order valence-corrected chi connectivity index (χ1v) is 10.7. The number of hydrogen-bond donors (Lipinski definition) is 2. The Balaban J connectivity index is 1.43. The topological polar surface area (TPSA) is 59.6 Å². The summed E-state index contributed by atoms with van der Waals surface area (Å²) < 4.78 is 11.2. The number of thiocarbonyl (C=S) groups is 1. The Hall–Kier alpha value is -3.38. The highest BCUT2D eigenvalue weighted by Gasteiger charge is 2.09. The molecule has 160 valence electrons. The number of carbonyl (C=O) groups is 1. The van der Waals surface area contributed by atoms with Crippen LogP contribution in [0, 0.1) is 0 Å². The second-order valence-corrected chi connectivity index (χ2v) is 7.24. The quantitative estimate of drug-likeness (QED) is 0.357. The van der Waals surface area contributed by atoms with E-state index in [1.54, 1.807) is 18.2 Å². The molecule has 0 saturated carbocycles. The van der Waals surface area contributed by atoms with Gasteiger partial charge in [-0.05, 0) is 80.0 Å². The van der Waals surface area contributed by atoms with Crippen LogP contribution in [-0.2, 0) is 6.42 Å². The third kappa shape index (κ3) is 7.42. The van der Waals surface area contributed by atoms with Crippen LogP contribution in [0.25, 0.3) is 0 Å². The molecule has 3 rings (SSSR count). The molecular formula is C25H26N2O3S. The maximum atomic E-state index is 12.4. The average Bonchev–Trinajstić information content (AvgIpc) is 2.79. The van der Waals surface area contributed by atoms with Crippen molar-refractivity contribution in [2.45, 2.75) is 19.8 Å². The van der Waals surface area contributed by atoms with Crippen molar-refractivity contribution in [3.63, 3.8) is 0 Å². The molecule has 0 radical (unpaired) electrons. The van der Waals surface area contributed by atoms with E-state index in [4.69, 9.17) is 21.7 Å². The van der Waals surface area contributed by atoms with Crippen LogP contribution in [0.15, 0.2) is 78.9 Å². The number of benzene rings is 3. The molecule has 0 spiro atoms. The van der Waals surface area contributed by atoms with E-state index < -0.39 is 0 Å². The first-order valence-electron chi connectivity index (χ1n) is 10.3. The van der Waals surface area contributed by atoms with Crippen molar-refractivity contribution in [2.24, 2.45) is 0 Å². The van der Waals surface area contributed by atoms with Crippen LogP contribution in [0.2, 0.25) is 0 Å². The lowest BCUT2D eigenvalue weighted by molar-refractivity contribution is 0.0977. The highest BCUT2D eigenvalue weighted by atomic mass is 32.1. The molecule has 0 aliphatic heterocycles. The minimum absolute atomic E-state index is 0.225. The van der Waals surface area contributed by atoms with Crippen LogP contribution in [0.4, 0.5) is 5.69 Å². The van der Waals surface area contributed by atoms with Crippen LogP contribution >= 0.6 is 12.2 Å². The summed E-state index contributed by atoms with van der Waals surface area (Å²) in [6.07, 6.45) is 1.94. The van der Waals surface area contributed by atoms with E-state index in [0.717, 1.165) is 24.3 Å². The molecule has 0 bridgehead atoms. The summed E-state index contributed by atoms with van der Waals surface area (Å²) in [6.45, 7) is 3.08. The van der Waals surface area contributed by atoms with Gasteiger partial charge >= 0.3 is 0 Å². The molecule has 3 aromatic rings.